The summed E-state index contributed by atoms with van der Waals surface area (Å²) in [5, 5.41) is 9.92. The quantitative estimate of drug-likeness (QED) is 0.803. The lowest BCUT2D eigenvalue weighted by molar-refractivity contribution is 0.356. The second-order valence-corrected chi connectivity index (χ2v) is 9.68. The van der Waals surface area contributed by atoms with Crippen LogP contribution in [-0.2, 0) is 10.0 Å². The van der Waals surface area contributed by atoms with Gasteiger partial charge < -0.3 is 4.90 Å². The third kappa shape index (κ3) is 3.47. The summed E-state index contributed by atoms with van der Waals surface area (Å²) in [6.07, 6.45) is 5.86. The predicted molar refractivity (Wildman–Crippen MR) is 108 cm³/mol. The number of nitrogens with one attached hydrogen (secondary N) is 1. The minimum atomic E-state index is -3.67. The molecule has 9 heteroatoms. The van der Waals surface area contributed by atoms with E-state index < -0.39 is 15.9 Å². The van der Waals surface area contributed by atoms with Gasteiger partial charge in [0.2, 0.25) is 10.0 Å². The molecule has 1 aliphatic carbocycles. The van der Waals surface area contributed by atoms with Gasteiger partial charge in [-0.2, -0.15) is 5.26 Å². The third-order valence-electron chi connectivity index (χ3n) is 5.46. The number of hydrogen-bond acceptors (Lipinski definition) is 7. The first-order valence-electron chi connectivity index (χ1n) is 9.81. The molecule has 0 bridgehead atoms. The SMILES string of the molecule is Cc1ccc2c(n1)N(C1CCC1)C(c1ncc(S(=O)(=O)NC(C)C)cn1)C2C#N. The molecule has 2 atom stereocenters. The molecule has 3 heterocycles. The number of aromatic nitrogens is 3. The van der Waals surface area contributed by atoms with Crippen LogP contribution in [0.25, 0.3) is 0 Å². The number of sulfonamides is 1. The molecule has 2 aliphatic rings. The molecule has 8 nitrogen and oxygen atoms in total. The van der Waals surface area contributed by atoms with Crippen LogP contribution in [0.15, 0.2) is 29.4 Å². The van der Waals surface area contributed by atoms with Crippen molar-refractivity contribution >= 4 is 15.8 Å². The molecule has 0 aromatic carbocycles. The Bertz CT molecular complexity index is 1060. The molecule has 2 aromatic heterocycles. The second-order valence-electron chi connectivity index (χ2n) is 7.96. The van der Waals surface area contributed by atoms with Crippen molar-refractivity contribution in [3.8, 4) is 6.07 Å². The number of rotatable bonds is 5. The van der Waals surface area contributed by atoms with Crippen molar-refractivity contribution in [2.45, 2.75) is 69.0 Å². The Morgan fingerprint density at radius 1 is 1.24 bits per heavy atom. The summed E-state index contributed by atoms with van der Waals surface area (Å²) in [6.45, 7) is 5.45. The van der Waals surface area contributed by atoms with E-state index in [-0.39, 0.29) is 17.0 Å². The molecule has 0 spiro atoms. The molecule has 4 rings (SSSR count). The highest BCUT2D eigenvalue weighted by molar-refractivity contribution is 7.89. The van der Waals surface area contributed by atoms with Crippen molar-refractivity contribution in [1.82, 2.24) is 19.7 Å². The van der Waals surface area contributed by atoms with Crippen LogP contribution in [0.2, 0.25) is 0 Å². The van der Waals surface area contributed by atoms with Crippen LogP contribution < -0.4 is 9.62 Å². The van der Waals surface area contributed by atoms with Gasteiger partial charge >= 0.3 is 0 Å². The van der Waals surface area contributed by atoms with Gasteiger partial charge in [0.15, 0.2) is 5.82 Å². The summed E-state index contributed by atoms with van der Waals surface area (Å²) >= 11 is 0. The van der Waals surface area contributed by atoms with Gasteiger partial charge in [0.1, 0.15) is 22.7 Å². The largest absolute Gasteiger partial charge is 0.341 e. The van der Waals surface area contributed by atoms with Crippen LogP contribution in [0, 0.1) is 18.3 Å². The number of fused-ring (bicyclic) bond motifs is 1. The molecule has 1 fully saturated rings. The lowest BCUT2D eigenvalue weighted by Crippen LogP contribution is -2.42. The van der Waals surface area contributed by atoms with Crippen molar-refractivity contribution in [1.29, 1.82) is 5.26 Å². The standard InChI is InChI=1S/C20H24N6O2S/c1-12(2)25-29(27,28)15-10-22-19(23-11-15)18-17(9-21)16-8-7-13(3)24-20(16)26(18)14-5-4-6-14/h7-8,10-12,14,17-18,25H,4-6H2,1-3H3. The van der Waals surface area contributed by atoms with Crippen molar-refractivity contribution in [2.24, 2.45) is 0 Å². The van der Waals surface area contributed by atoms with Gasteiger partial charge in [-0.1, -0.05) is 6.07 Å². The normalized spacial score (nSPS) is 21.7. The molecular weight excluding hydrogens is 388 g/mol. The van der Waals surface area contributed by atoms with Gasteiger partial charge in [-0.15, -0.1) is 0 Å². The van der Waals surface area contributed by atoms with E-state index in [4.69, 9.17) is 4.98 Å². The van der Waals surface area contributed by atoms with Gasteiger partial charge in [-0.3, -0.25) is 0 Å². The van der Waals surface area contributed by atoms with Gasteiger partial charge in [0, 0.05) is 23.3 Å². The van der Waals surface area contributed by atoms with E-state index in [2.05, 4.69) is 25.7 Å². The Kier molecular flexibility index (Phi) is 5.00. The van der Waals surface area contributed by atoms with E-state index in [1.165, 1.54) is 12.4 Å². The van der Waals surface area contributed by atoms with E-state index in [1.54, 1.807) is 13.8 Å². The monoisotopic (exact) mass is 412 g/mol. The first-order valence-corrected chi connectivity index (χ1v) is 11.3. The maximum Gasteiger partial charge on any atom is 0.243 e. The molecule has 1 N–H and O–H groups in total. The maximum atomic E-state index is 12.4. The molecule has 1 saturated carbocycles. The van der Waals surface area contributed by atoms with E-state index in [1.807, 2.05) is 19.1 Å². The summed E-state index contributed by atoms with van der Waals surface area (Å²) in [6, 6.07) is 5.97. The Morgan fingerprint density at radius 2 is 1.93 bits per heavy atom. The van der Waals surface area contributed by atoms with E-state index in [0.717, 1.165) is 36.3 Å². The van der Waals surface area contributed by atoms with E-state index in [0.29, 0.717) is 11.9 Å². The highest BCUT2D eigenvalue weighted by atomic mass is 32.2. The minimum absolute atomic E-state index is 0.0168. The summed E-state index contributed by atoms with van der Waals surface area (Å²) in [5.74, 6) is 0.825. The first-order chi connectivity index (χ1) is 13.8. The van der Waals surface area contributed by atoms with Gasteiger partial charge in [-0.05, 0) is 46.1 Å². The zero-order valence-corrected chi connectivity index (χ0v) is 17.5. The smallest absolute Gasteiger partial charge is 0.243 e. The fraction of sp³-hybridized carbons (Fsp3) is 0.500. The number of anilines is 1. The average molecular weight is 413 g/mol. The summed E-state index contributed by atoms with van der Waals surface area (Å²) in [5.41, 5.74) is 1.78. The van der Waals surface area contributed by atoms with Crippen LogP contribution in [0.1, 0.15) is 62.2 Å². The molecule has 0 saturated heterocycles. The third-order valence-corrected chi connectivity index (χ3v) is 7.07. The zero-order valence-electron chi connectivity index (χ0n) is 16.7. The lowest BCUT2D eigenvalue weighted by Gasteiger charge is -2.39. The lowest BCUT2D eigenvalue weighted by atomic mass is 9.89. The average Bonchev–Trinajstić information content (AvgIpc) is 2.93. The summed E-state index contributed by atoms with van der Waals surface area (Å²) in [4.78, 5) is 15.7. The van der Waals surface area contributed by atoms with Crippen molar-refractivity contribution in [2.75, 3.05) is 4.90 Å². The molecule has 0 amide bonds. The van der Waals surface area contributed by atoms with Crippen LogP contribution >= 0.6 is 0 Å². The highest BCUT2D eigenvalue weighted by Gasteiger charge is 2.46. The molecule has 2 aromatic rings. The number of aryl methyl sites for hydroxylation is 1. The van der Waals surface area contributed by atoms with Crippen LogP contribution in [0.3, 0.4) is 0 Å². The van der Waals surface area contributed by atoms with Crippen molar-refractivity contribution < 1.29 is 8.42 Å². The topological polar surface area (TPSA) is 112 Å². The van der Waals surface area contributed by atoms with Crippen LogP contribution in [-0.4, -0.2) is 35.5 Å². The zero-order chi connectivity index (χ0) is 20.8. The molecule has 29 heavy (non-hydrogen) atoms. The Balaban J connectivity index is 1.74. The number of nitrogens with zero attached hydrogens (tertiary/aromatic N) is 5. The number of nitriles is 1. The van der Waals surface area contributed by atoms with E-state index >= 15 is 0 Å². The van der Waals surface area contributed by atoms with Gasteiger partial charge in [-0.25, -0.2) is 28.1 Å². The second kappa shape index (κ2) is 7.35. The number of hydrogen-bond donors (Lipinski definition) is 1. The van der Waals surface area contributed by atoms with Gasteiger partial charge in [0.05, 0.1) is 18.5 Å². The summed E-state index contributed by atoms with van der Waals surface area (Å²) in [7, 11) is -3.67. The predicted octanol–water partition coefficient (Wildman–Crippen LogP) is 2.59. The van der Waals surface area contributed by atoms with Gasteiger partial charge in [0.25, 0.3) is 0 Å². The highest BCUT2D eigenvalue weighted by Crippen LogP contribution is 2.50. The Labute approximate surface area is 171 Å². The fourth-order valence-corrected chi connectivity index (χ4v) is 5.08. The fourth-order valence-electron chi connectivity index (χ4n) is 3.94. The molecule has 1 aliphatic heterocycles. The number of pyridine rings is 1. The molecule has 0 radical (unpaired) electrons. The van der Waals surface area contributed by atoms with E-state index in [9.17, 15) is 13.7 Å². The maximum absolute atomic E-state index is 12.4. The molecular formula is C20H24N6O2S. The van der Waals surface area contributed by atoms with Crippen LogP contribution in [0.4, 0.5) is 5.82 Å². The Morgan fingerprint density at radius 3 is 2.48 bits per heavy atom. The summed E-state index contributed by atoms with van der Waals surface area (Å²) < 4.78 is 27.3. The van der Waals surface area contributed by atoms with Crippen molar-refractivity contribution in [3.63, 3.8) is 0 Å². The first kappa shape index (κ1) is 19.7. The Hall–Kier alpha value is -2.57. The molecule has 152 valence electrons. The molecule has 2 unspecified atom stereocenters. The van der Waals surface area contributed by atoms with Crippen LogP contribution in [0.5, 0.6) is 0 Å². The minimum Gasteiger partial charge on any atom is -0.341 e. The van der Waals surface area contributed by atoms with Crippen molar-refractivity contribution in [3.05, 3.63) is 41.6 Å².